The summed E-state index contributed by atoms with van der Waals surface area (Å²) in [4.78, 5) is 11.1. The topological polar surface area (TPSA) is 77.1 Å². The van der Waals surface area contributed by atoms with Crippen LogP contribution in [0.3, 0.4) is 0 Å². The van der Waals surface area contributed by atoms with Crippen LogP contribution in [0.4, 0.5) is 0 Å². The highest BCUT2D eigenvalue weighted by atomic mass is 32.8. The van der Waals surface area contributed by atoms with Gasteiger partial charge in [0.2, 0.25) is 0 Å². The number of benzene rings is 3. The lowest BCUT2D eigenvalue weighted by Crippen LogP contribution is -2.33. The Kier molecular flexibility index (Phi) is 18.8. The molecular weight excluding hydrogens is 623 g/mol. The first kappa shape index (κ1) is 39.1. The third-order valence-corrected chi connectivity index (χ3v) is 10.4. The van der Waals surface area contributed by atoms with E-state index in [1.54, 1.807) is 14.2 Å². The van der Waals surface area contributed by atoms with E-state index < -0.39 is 13.0 Å². The molecule has 0 aliphatic carbocycles. The number of rotatable bonds is 21. The van der Waals surface area contributed by atoms with Gasteiger partial charge in [-0.1, -0.05) is 98.9 Å². The average Bonchev–Trinajstić information content (AvgIpc) is 3.07. The molecule has 250 valence electrons. The van der Waals surface area contributed by atoms with Gasteiger partial charge in [0.1, 0.15) is 17.1 Å². The monoisotopic (exact) mass is 675 g/mol. The number of methoxy groups -OCH3 is 2. The molecule has 0 amide bonds. The molecule has 0 saturated heterocycles. The lowest BCUT2D eigenvalue weighted by atomic mass is 9.80. The Labute approximate surface area is 278 Å². The maximum absolute atomic E-state index is 11.1. The van der Waals surface area contributed by atoms with E-state index in [-0.39, 0.29) is 15.8 Å². The third-order valence-electron chi connectivity index (χ3n) is 7.24. The van der Waals surface area contributed by atoms with Crippen LogP contribution in [-0.2, 0) is 40.3 Å². The van der Waals surface area contributed by atoms with Crippen LogP contribution in [0.2, 0.25) is 0 Å². The molecule has 2 unspecified atom stereocenters. The summed E-state index contributed by atoms with van der Waals surface area (Å²) in [6.07, 6.45) is 7.11. The van der Waals surface area contributed by atoms with Crippen LogP contribution in [0.25, 0.3) is 0 Å². The quantitative estimate of drug-likeness (QED) is 0.0642. The largest absolute Gasteiger partial charge is 0.798 e. The maximum Gasteiger partial charge on any atom is 0.143 e. The Morgan fingerprint density at radius 1 is 0.689 bits per heavy atom. The Hall–Kier alpha value is -2.06. The zero-order valence-corrected chi connectivity index (χ0v) is 30.2. The second kappa shape index (κ2) is 21.7. The van der Waals surface area contributed by atoms with Gasteiger partial charge in [0.25, 0.3) is 0 Å². The van der Waals surface area contributed by atoms with E-state index in [0.29, 0.717) is 13.2 Å². The second-order valence-corrected chi connectivity index (χ2v) is 16.1. The molecule has 45 heavy (non-hydrogen) atoms. The average molecular weight is 676 g/mol. The summed E-state index contributed by atoms with van der Waals surface area (Å²) in [5.74, 6) is 3.74. The highest BCUT2D eigenvalue weighted by Gasteiger charge is 2.37. The van der Waals surface area contributed by atoms with Crippen LogP contribution in [0, 0.1) is 0 Å². The van der Waals surface area contributed by atoms with Crippen LogP contribution in [0.15, 0.2) is 78.9 Å². The van der Waals surface area contributed by atoms with E-state index in [4.69, 9.17) is 30.1 Å². The summed E-state index contributed by atoms with van der Waals surface area (Å²) in [5.41, 5.74) is 2.38. The minimum absolute atomic E-state index is 0.00317. The van der Waals surface area contributed by atoms with E-state index in [0.717, 1.165) is 84.6 Å². The minimum Gasteiger partial charge on any atom is -0.798 e. The van der Waals surface area contributed by atoms with Crippen molar-refractivity contribution in [1.29, 1.82) is 0 Å². The van der Waals surface area contributed by atoms with E-state index >= 15 is 0 Å². The molecule has 0 N–H and O–H groups in total. The fraction of sp³-hybridized carbons (Fsp3) is 0.500. The predicted octanol–water partition coefficient (Wildman–Crippen LogP) is 8.09. The third kappa shape index (κ3) is 13.7. The zero-order valence-electron chi connectivity index (χ0n) is 27.7. The molecule has 3 aromatic carbocycles. The Balaban J connectivity index is 0.00000345. The molecule has 0 aliphatic heterocycles. The minimum atomic E-state index is -3.32. The summed E-state index contributed by atoms with van der Waals surface area (Å²) < 4.78 is 34.2. The first-order chi connectivity index (χ1) is 21.8. The molecule has 6 nitrogen and oxygen atoms in total. The van der Waals surface area contributed by atoms with Gasteiger partial charge >= 0.3 is 0 Å². The van der Waals surface area contributed by atoms with E-state index in [9.17, 15) is 9.46 Å². The van der Waals surface area contributed by atoms with E-state index in [2.05, 4.69) is 48.5 Å². The zero-order chi connectivity index (χ0) is 33.0. The van der Waals surface area contributed by atoms with Gasteiger partial charge in [-0.3, -0.25) is 0 Å². The van der Waals surface area contributed by atoms with Crippen molar-refractivity contribution in [3.8, 4) is 11.5 Å². The number of unbranched alkanes of at least 4 members (excludes halogenated alkanes) is 5. The first-order valence-electron chi connectivity index (χ1n) is 16.0. The molecule has 9 heteroatoms. The van der Waals surface area contributed by atoms with Gasteiger partial charge in [-0.05, 0) is 84.8 Å². The summed E-state index contributed by atoms with van der Waals surface area (Å²) in [6, 6.07) is 26.7. The summed E-state index contributed by atoms with van der Waals surface area (Å²) in [6.45, 7) is 6.33. The number of hydrogen-bond donors (Lipinski definition) is 0. The van der Waals surface area contributed by atoms with Gasteiger partial charge in [-0.15, -0.1) is 9.45 Å². The molecular formula is C36H52O6PS2-. The Bertz CT molecular complexity index is 1220. The fourth-order valence-electron chi connectivity index (χ4n) is 4.99. The molecule has 0 aliphatic rings. The number of ether oxygens (including phenoxy) is 4. The Morgan fingerprint density at radius 2 is 1.13 bits per heavy atom. The van der Waals surface area contributed by atoms with Crippen LogP contribution in [0.1, 0.15) is 75.5 Å². The first-order valence-corrected chi connectivity index (χ1v) is 20.7. The summed E-state index contributed by atoms with van der Waals surface area (Å²) in [5, 5.41) is 0. The molecule has 0 heterocycles. The van der Waals surface area contributed by atoms with Crippen molar-refractivity contribution in [3.63, 3.8) is 0 Å². The van der Waals surface area contributed by atoms with Crippen LogP contribution < -0.4 is 14.4 Å². The van der Waals surface area contributed by atoms with Gasteiger partial charge in [0, 0.05) is 20.6 Å². The van der Waals surface area contributed by atoms with Crippen LogP contribution in [-0.4, -0.2) is 52.0 Å². The smallest absolute Gasteiger partial charge is 0.143 e. The molecule has 3 aromatic rings. The van der Waals surface area contributed by atoms with Crippen molar-refractivity contribution in [3.05, 3.63) is 95.6 Å². The normalized spacial score (nSPS) is 13.3. The van der Waals surface area contributed by atoms with Crippen molar-refractivity contribution in [2.75, 3.05) is 52.0 Å². The lowest BCUT2D eigenvalue weighted by molar-refractivity contribution is -0.178. The van der Waals surface area contributed by atoms with E-state index in [1.165, 1.54) is 6.66 Å². The Morgan fingerprint density at radius 3 is 1.62 bits per heavy atom. The van der Waals surface area contributed by atoms with Crippen molar-refractivity contribution in [2.24, 2.45) is 0 Å². The predicted molar refractivity (Wildman–Crippen MR) is 191 cm³/mol. The lowest BCUT2D eigenvalue weighted by Gasteiger charge is -2.36. The SMILES string of the molecule is CC.COc1ccc(C(OCCCCCCS(=S)CCCCCOCP(C)(=O)[O-])(c2ccccc2)c2ccc(OC)cc2)cc1. The van der Waals surface area contributed by atoms with Gasteiger partial charge in [0.15, 0.2) is 0 Å². The highest BCUT2D eigenvalue weighted by molar-refractivity contribution is 8.28. The van der Waals surface area contributed by atoms with Gasteiger partial charge in [0.05, 0.1) is 20.6 Å². The molecule has 0 aromatic heterocycles. The molecule has 3 rings (SSSR count). The molecule has 0 spiro atoms. The standard InChI is InChI=1S/C34H47O6PS2.C2H6/c1-37-32-20-16-30(17-21-32)34(29-14-8-6-9-15-29,31-18-22-33(38-2)23-19-31)40-25-11-4-5-12-26-43(42)27-13-7-10-24-39-28-41(3,35)36;1-2/h6,8-9,14-23H,4-5,7,10-13,24-28H2,1-3H3,(H,35,36);1-2H3/p-1. The molecule has 0 bridgehead atoms. The molecule has 0 fully saturated rings. The van der Waals surface area contributed by atoms with Crippen molar-refractivity contribution in [2.45, 2.75) is 64.4 Å². The van der Waals surface area contributed by atoms with Crippen LogP contribution >= 0.6 is 7.37 Å². The molecule has 0 radical (unpaired) electrons. The van der Waals surface area contributed by atoms with Crippen molar-refractivity contribution >= 4 is 28.0 Å². The number of hydrogen-bond acceptors (Lipinski definition) is 7. The molecule has 0 saturated carbocycles. The van der Waals surface area contributed by atoms with Gasteiger partial charge in [-0.25, -0.2) is 0 Å². The molecule has 2 atom stereocenters. The van der Waals surface area contributed by atoms with Gasteiger partial charge in [-0.2, -0.15) is 0 Å². The van der Waals surface area contributed by atoms with Crippen LogP contribution in [0.5, 0.6) is 11.5 Å². The van der Waals surface area contributed by atoms with Crippen molar-refractivity contribution in [1.82, 2.24) is 0 Å². The van der Waals surface area contributed by atoms with Gasteiger partial charge < -0.3 is 28.4 Å². The summed E-state index contributed by atoms with van der Waals surface area (Å²) >= 11 is 5.71. The second-order valence-electron chi connectivity index (χ2n) is 10.7. The van der Waals surface area contributed by atoms with Crippen molar-refractivity contribution < 1.29 is 28.4 Å². The fourth-order valence-corrected chi connectivity index (χ4v) is 7.42. The highest BCUT2D eigenvalue weighted by Crippen LogP contribution is 2.41. The van der Waals surface area contributed by atoms with E-state index in [1.807, 2.05) is 44.2 Å². The maximum atomic E-state index is 11.1. The summed E-state index contributed by atoms with van der Waals surface area (Å²) in [7, 11) is 0.0374.